The third-order valence-electron chi connectivity index (χ3n) is 4.69. The van der Waals surface area contributed by atoms with Crippen LogP contribution < -0.4 is 4.90 Å². The van der Waals surface area contributed by atoms with E-state index < -0.39 is 0 Å². The van der Waals surface area contributed by atoms with Crippen molar-refractivity contribution >= 4 is 11.6 Å². The van der Waals surface area contributed by atoms with E-state index in [2.05, 4.69) is 55.1 Å². The van der Waals surface area contributed by atoms with E-state index >= 15 is 0 Å². The standard InChI is InChI=1S/C20H24N2O/c1-16-7-3-5-9-18(16)15-20(23)22-13-11-21(12-14-22)19-10-6-4-8-17(19)2/h3-10H,11-15H2,1-2H3. The molecule has 1 amide bonds. The first-order valence-corrected chi connectivity index (χ1v) is 8.28. The lowest BCUT2D eigenvalue weighted by atomic mass is 10.0. The number of carbonyl (C=O) groups is 1. The maximum Gasteiger partial charge on any atom is 0.227 e. The molecule has 23 heavy (non-hydrogen) atoms. The number of amides is 1. The van der Waals surface area contributed by atoms with Gasteiger partial charge in [-0.05, 0) is 36.6 Å². The van der Waals surface area contributed by atoms with E-state index in [1.54, 1.807) is 0 Å². The first kappa shape index (κ1) is 15.6. The summed E-state index contributed by atoms with van der Waals surface area (Å²) >= 11 is 0. The summed E-state index contributed by atoms with van der Waals surface area (Å²) in [6.07, 6.45) is 0.511. The highest BCUT2D eigenvalue weighted by molar-refractivity contribution is 5.79. The lowest BCUT2D eigenvalue weighted by molar-refractivity contribution is -0.130. The molecule has 0 spiro atoms. The van der Waals surface area contributed by atoms with E-state index in [0.29, 0.717) is 6.42 Å². The lowest BCUT2D eigenvalue weighted by Gasteiger charge is -2.37. The van der Waals surface area contributed by atoms with E-state index in [1.807, 2.05) is 17.0 Å². The monoisotopic (exact) mass is 308 g/mol. The summed E-state index contributed by atoms with van der Waals surface area (Å²) in [5.74, 6) is 0.240. The Morgan fingerprint density at radius 2 is 1.48 bits per heavy atom. The van der Waals surface area contributed by atoms with E-state index in [-0.39, 0.29) is 5.91 Å². The molecule has 0 unspecified atom stereocenters. The van der Waals surface area contributed by atoms with Crippen molar-refractivity contribution in [3.63, 3.8) is 0 Å². The summed E-state index contributed by atoms with van der Waals surface area (Å²) in [5, 5.41) is 0. The summed E-state index contributed by atoms with van der Waals surface area (Å²) in [5.41, 5.74) is 4.92. The first-order chi connectivity index (χ1) is 11.1. The summed E-state index contributed by atoms with van der Waals surface area (Å²) in [7, 11) is 0. The number of benzene rings is 2. The zero-order valence-corrected chi connectivity index (χ0v) is 14.0. The van der Waals surface area contributed by atoms with Crippen LogP contribution in [0.5, 0.6) is 0 Å². The highest BCUT2D eigenvalue weighted by Gasteiger charge is 2.22. The van der Waals surface area contributed by atoms with Crippen LogP contribution in [-0.2, 0) is 11.2 Å². The van der Waals surface area contributed by atoms with Gasteiger partial charge in [-0.3, -0.25) is 4.79 Å². The van der Waals surface area contributed by atoms with E-state index in [1.165, 1.54) is 16.8 Å². The van der Waals surface area contributed by atoms with Crippen LogP contribution in [0.15, 0.2) is 48.5 Å². The van der Waals surface area contributed by atoms with Gasteiger partial charge in [0.05, 0.1) is 6.42 Å². The largest absolute Gasteiger partial charge is 0.368 e. The minimum absolute atomic E-state index is 0.240. The summed E-state index contributed by atoms with van der Waals surface area (Å²) in [4.78, 5) is 16.9. The Bertz CT molecular complexity index is 688. The van der Waals surface area contributed by atoms with Crippen LogP contribution >= 0.6 is 0 Å². The molecular formula is C20H24N2O. The van der Waals surface area contributed by atoms with Crippen molar-refractivity contribution in [2.75, 3.05) is 31.1 Å². The second-order valence-corrected chi connectivity index (χ2v) is 6.26. The van der Waals surface area contributed by atoms with Gasteiger partial charge in [0.2, 0.25) is 5.91 Å². The fourth-order valence-corrected chi connectivity index (χ4v) is 3.20. The molecule has 1 aliphatic heterocycles. The molecule has 1 heterocycles. The fourth-order valence-electron chi connectivity index (χ4n) is 3.20. The number of nitrogens with zero attached hydrogens (tertiary/aromatic N) is 2. The summed E-state index contributed by atoms with van der Waals surface area (Å²) < 4.78 is 0. The SMILES string of the molecule is Cc1ccccc1CC(=O)N1CCN(c2ccccc2C)CC1. The molecule has 1 saturated heterocycles. The van der Waals surface area contributed by atoms with Gasteiger partial charge >= 0.3 is 0 Å². The minimum atomic E-state index is 0.240. The Morgan fingerprint density at radius 1 is 0.870 bits per heavy atom. The van der Waals surface area contributed by atoms with Gasteiger partial charge in [-0.25, -0.2) is 0 Å². The topological polar surface area (TPSA) is 23.6 Å². The molecule has 0 radical (unpaired) electrons. The zero-order chi connectivity index (χ0) is 16.2. The van der Waals surface area contributed by atoms with Crippen molar-refractivity contribution in [2.45, 2.75) is 20.3 Å². The van der Waals surface area contributed by atoms with Gasteiger partial charge in [0.15, 0.2) is 0 Å². The molecule has 120 valence electrons. The molecule has 0 atom stereocenters. The molecule has 3 rings (SSSR count). The quantitative estimate of drug-likeness (QED) is 0.869. The molecule has 3 nitrogen and oxygen atoms in total. The van der Waals surface area contributed by atoms with Gasteiger partial charge in [-0.2, -0.15) is 0 Å². The van der Waals surface area contributed by atoms with E-state index in [0.717, 1.165) is 31.7 Å². The average molecular weight is 308 g/mol. The molecule has 2 aromatic rings. The molecule has 0 bridgehead atoms. The highest BCUT2D eigenvalue weighted by Crippen LogP contribution is 2.21. The molecule has 1 aliphatic rings. The number of carbonyl (C=O) groups excluding carboxylic acids is 1. The van der Waals surface area contributed by atoms with Gasteiger partial charge < -0.3 is 9.80 Å². The van der Waals surface area contributed by atoms with Gasteiger partial charge in [0, 0.05) is 31.9 Å². The van der Waals surface area contributed by atoms with Gasteiger partial charge in [0.25, 0.3) is 0 Å². The van der Waals surface area contributed by atoms with E-state index in [9.17, 15) is 4.79 Å². The molecular weight excluding hydrogens is 284 g/mol. The highest BCUT2D eigenvalue weighted by atomic mass is 16.2. The van der Waals surface area contributed by atoms with Crippen LogP contribution in [0.1, 0.15) is 16.7 Å². The third-order valence-corrected chi connectivity index (χ3v) is 4.69. The molecule has 0 saturated carbocycles. The number of aryl methyl sites for hydroxylation is 2. The Labute approximate surface area is 138 Å². The zero-order valence-electron chi connectivity index (χ0n) is 14.0. The predicted molar refractivity (Wildman–Crippen MR) is 94.9 cm³/mol. The number of anilines is 1. The van der Waals surface area contributed by atoms with Crippen LogP contribution in [0.3, 0.4) is 0 Å². The van der Waals surface area contributed by atoms with Crippen molar-refractivity contribution in [3.05, 3.63) is 65.2 Å². The first-order valence-electron chi connectivity index (χ1n) is 8.28. The second-order valence-electron chi connectivity index (χ2n) is 6.26. The van der Waals surface area contributed by atoms with Gasteiger partial charge in [-0.15, -0.1) is 0 Å². The average Bonchev–Trinajstić information content (AvgIpc) is 2.57. The van der Waals surface area contributed by atoms with Crippen molar-refractivity contribution in [2.24, 2.45) is 0 Å². The number of piperazine rings is 1. The molecule has 1 fully saturated rings. The smallest absolute Gasteiger partial charge is 0.227 e. The van der Waals surface area contributed by atoms with E-state index in [4.69, 9.17) is 0 Å². The predicted octanol–water partition coefficient (Wildman–Crippen LogP) is 3.19. The van der Waals surface area contributed by atoms with Crippen LogP contribution in [0, 0.1) is 13.8 Å². The Hall–Kier alpha value is -2.29. The number of rotatable bonds is 3. The van der Waals surface area contributed by atoms with Crippen LogP contribution in [0.25, 0.3) is 0 Å². The molecule has 2 aromatic carbocycles. The van der Waals surface area contributed by atoms with Crippen molar-refractivity contribution < 1.29 is 4.79 Å². The number of hydrogen-bond acceptors (Lipinski definition) is 2. The maximum absolute atomic E-state index is 12.5. The molecule has 0 aromatic heterocycles. The van der Waals surface area contributed by atoms with Crippen LogP contribution in [-0.4, -0.2) is 37.0 Å². The second kappa shape index (κ2) is 6.86. The van der Waals surface area contributed by atoms with Crippen LogP contribution in [0.2, 0.25) is 0 Å². The molecule has 0 aliphatic carbocycles. The summed E-state index contributed by atoms with van der Waals surface area (Å²) in [6.45, 7) is 7.64. The Morgan fingerprint density at radius 3 is 2.13 bits per heavy atom. The number of para-hydroxylation sites is 1. The van der Waals surface area contributed by atoms with Gasteiger partial charge in [0.1, 0.15) is 0 Å². The molecule has 3 heteroatoms. The summed E-state index contributed by atoms with van der Waals surface area (Å²) in [6, 6.07) is 16.6. The fraction of sp³-hybridized carbons (Fsp3) is 0.350. The third kappa shape index (κ3) is 3.55. The maximum atomic E-state index is 12.5. The normalized spacial score (nSPS) is 14.9. The Kier molecular flexibility index (Phi) is 4.65. The van der Waals surface area contributed by atoms with Crippen LogP contribution in [0.4, 0.5) is 5.69 Å². The Balaban J connectivity index is 1.60. The van der Waals surface area contributed by atoms with Crippen molar-refractivity contribution in [1.29, 1.82) is 0 Å². The number of hydrogen-bond donors (Lipinski definition) is 0. The lowest BCUT2D eigenvalue weighted by Crippen LogP contribution is -2.49. The minimum Gasteiger partial charge on any atom is -0.368 e. The molecule has 0 N–H and O–H groups in total. The van der Waals surface area contributed by atoms with Gasteiger partial charge in [-0.1, -0.05) is 42.5 Å². The van der Waals surface area contributed by atoms with Crippen molar-refractivity contribution in [1.82, 2.24) is 4.90 Å². The van der Waals surface area contributed by atoms with Crippen molar-refractivity contribution in [3.8, 4) is 0 Å².